The van der Waals surface area contributed by atoms with Crippen LogP contribution in [0.5, 0.6) is 0 Å². The van der Waals surface area contributed by atoms with Gasteiger partial charge in [-0.05, 0) is 36.5 Å². The number of allylic oxidation sites excluding steroid dienone is 1. The SMILES string of the molecule is C=CCn1c(=O)c2ccccc2n2c(=S)n(C[NH+](C)Cc3ccc(F)cc3)nc12. The third kappa shape index (κ3) is 3.52. The van der Waals surface area contributed by atoms with Crippen molar-refractivity contribution in [3.8, 4) is 0 Å². The molecule has 2 aromatic carbocycles. The summed E-state index contributed by atoms with van der Waals surface area (Å²) in [5.74, 6) is 0.245. The van der Waals surface area contributed by atoms with E-state index in [-0.39, 0.29) is 11.4 Å². The van der Waals surface area contributed by atoms with E-state index < -0.39 is 0 Å². The Morgan fingerprint density at radius 3 is 2.66 bits per heavy atom. The number of fused-ring (bicyclic) bond motifs is 3. The molecule has 0 saturated carbocycles. The van der Waals surface area contributed by atoms with Crippen molar-refractivity contribution in [2.24, 2.45) is 0 Å². The Kier molecular flexibility index (Phi) is 5.12. The fraction of sp³-hybridized carbons (Fsp3) is 0.190. The van der Waals surface area contributed by atoms with Crippen LogP contribution in [0.15, 0.2) is 66.0 Å². The van der Waals surface area contributed by atoms with Gasteiger partial charge in [0.25, 0.3) is 5.56 Å². The Labute approximate surface area is 171 Å². The quantitative estimate of drug-likeness (QED) is 0.392. The van der Waals surface area contributed by atoms with E-state index in [9.17, 15) is 9.18 Å². The van der Waals surface area contributed by atoms with Crippen LogP contribution >= 0.6 is 12.2 Å². The molecule has 1 unspecified atom stereocenters. The second kappa shape index (κ2) is 7.73. The summed E-state index contributed by atoms with van der Waals surface area (Å²) in [5, 5.41) is 5.23. The molecule has 2 heterocycles. The van der Waals surface area contributed by atoms with Crippen LogP contribution in [-0.2, 0) is 19.8 Å². The van der Waals surface area contributed by atoms with Crippen LogP contribution in [0.3, 0.4) is 0 Å². The van der Waals surface area contributed by atoms with E-state index in [1.807, 2.05) is 29.6 Å². The van der Waals surface area contributed by atoms with Crippen LogP contribution in [0.1, 0.15) is 5.56 Å². The maximum Gasteiger partial charge on any atom is 0.263 e. The number of aromatic nitrogens is 4. The van der Waals surface area contributed by atoms with Crippen LogP contribution in [0.2, 0.25) is 0 Å². The Balaban J connectivity index is 1.79. The normalized spacial score (nSPS) is 12.5. The van der Waals surface area contributed by atoms with Gasteiger partial charge in [-0.25, -0.2) is 4.39 Å². The third-order valence-electron chi connectivity index (χ3n) is 4.83. The molecule has 1 N–H and O–H groups in total. The van der Waals surface area contributed by atoms with Gasteiger partial charge in [-0.2, -0.15) is 4.68 Å². The number of halogens is 1. The summed E-state index contributed by atoms with van der Waals surface area (Å²) < 4.78 is 18.8. The first-order chi connectivity index (χ1) is 14.0. The van der Waals surface area contributed by atoms with Crippen LogP contribution in [0.25, 0.3) is 16.7 Å². The van der Waals surface area contributed by atoms with E-state index in [0.29, 0.717) is 35.7 Å². The minimum absolute atomic E-state index is 0.118. The molecule has 0 spiro atoms. The van der Waals surface area contributed by atoms with Gasteiger partial charge in [0, 0.05) is 12.1 Å². The summed E-state index contributed by atoms with van der Waals surface area (Å²) in [6.45, 7) is 5.30. The first kappa shape index (κ1) is 19.2. The fourth-order valence-electron chi connectivity index (χ4n) is 3.53. The first-order valence-electron chi connectivity index (χ1n) is 9.27. The monoisotopic (exact) mass is 410 g/mol. The first-order valence-corrected chi connectivity index (χ1v) is 9.68. The molecule has 148 valence electrons. The molecule has 4 aromatic rings. The van der Waals surface area contributed by atoms with E-state index in [0.717, 1.165) is 16.0 Å². The predicted molar refractivity (Wildman–Crippen MR) is 113 cm³/mol. The summed E-state index contributed by atoms with van der Waals surface area (Å²) in [4.78, 5) is 14.0. The van der Waals surface area contributed by atoms with Crippen molar-refractivity contribution in [2.75, 3.05) is 7.05 Å². The minimum Gasteiger partial charge on any atom is -0.315 e. The van der Waals surface area contributed by atoms with Gasteiger partial charge in [-0.3, -0.25) is 13.8 Å². The predicted octanol–water partition coefficient (Wildman–Crippen LogP) is 2.18. The smallest absolute Gasteiger partial charge is 0.263 e. The van der Waals surface area contributed by atoms with Crippen molar-refractivity contribution < 1.29 is 9.29 Å². The molecule has 0 fully saturated rings. The molecule has 6 nitrogen and oxygen atoms in total. The lowest BCUT2D eigenvalue weighted by Gasteiger charge is -2.13. The standard InChI is InChI=1S/C21H20FN5OS/c1-3-12-25-19(28)17-6-4-5-7-18(17)27-20(25)23-26(21(27)29)14-24(2)13-15-8-10-16(22)11-9-15/h3-11H,1,12-14H2,2H3/p+1. The molecule has 0 saturated heterocycles. The van der Waals surface area contributed by atoms with Crippen molar-refractivity contribution in [1.29, 1.82) is 0 Å². The molecule has 0 aliphatic heterocycles. The molecule has 0 aliphatic carbocycles. The van der Waals surface area contributed by atoms with E-state index in [2.05, 4.69) is 11.7 Å². The number of nitrogens with zero attached hydrogens (tertiary/aromatic N) is 4. The highest BCUT2D eigenvalue weighted by atomic mass is 32.1. The number of benzene rings is 2. The summed E-state index contributed by atoms with van der Waals surface area (Å²) in [5.41, 5.74) is 1.64. The highest BCUT2D eigenvalue weighted by Crippen LogP contribution is 2.14. The molecule has 0 radical (unpaired) electrons. The summed E-state index contributed by atoms with van der Waals surface area (Å²) >= 11 is 5.70. The van der Waals surface area contributed by atoms with Gasteiger partial charge >= 0.3 is 0 Å². The molecule has 4 rings (SSSR count). The lowest BCUT2D eigenvalue weighted by molar-refractivity contribution is -0.917. The van der Waals surface area contributed by atoms with Gasteiger partial charge in [0.2, 0.25) is 10.5 Å². The van der Waals surface area contributed by atoms with Crippen molar-refractivity contribution in [3.63, 3.8) is 0 Å². The minimum atomic E-state index is -0.249. The van der Waals surface area contributed by atoms with Crippen molar-refractivity contribution in [3.05, 3.63) is 87.7 Å². The second-order valence-corrected chi connectivity index (χ2v) is 7.42. The van der Waals surface area contributed by atoms with Crippen molar-refractivity contribution in [2.45, 2.75) is 19.8 Å². The van der Waals surface area contributed by atoms with Crippen LogP contribution in [0, 0.1) is 10.6 Å². The summed E-state index contributed by atoms with van der Waals surface area (Å²) in [6.07, 6.45) is 1.67. The number of quaternary nitrogens is 1. The zero-order chi connectivity index (χ0) is 20.5. The number of hydrogen-bond donors (Lipinski definition) is 1. The third-order valence-corrected chi connectivity index (χ3v) is 5.23. The van der Waals surface area contributed by atoms with Crippen LogP contribution in [-0.4, -0.2) is 25.8 Å². The largest absolute Gasteiger partial charge is 0.315 e. The number of nitrogens with one attached hydrogen (secondary N) is 1. The highest BCUT2D eigenvalue weighted by molar-refractivity contribution is 7.71. The maximum absolute atomic E-state index is 13.1. The molecule has 1 atom stereocenters. The van der Waals surface area contributed by atoms with Crippen LogP contribution < -0.4 is 10.5 Å². The molecule has 2 aromatic heterocycles. The zero-order valence-corrected chi connectivity index (χ0v) is 16.8. The molecule has 0 aliphatic rings. The number of para-hydroxylation sites is 1. The maximum atomic E-state index is 13.1. The van der Waals surface area contributed by atoms with Gasteiger partial charge in [0.15, 0.2) is 6.67 Å². The molecule has 0 bridgehead atoms. The molecular weight excluding hydrogens is 389 g/mol. The van der Waals surface area contributed by atoms with Gasteiger partial charge in [0.1, 0.15) is 12.4 Å². The lowest BCUT2D eigenvalue weighted by Crippen LogP contribution is -3.07. The van der Waals surface area contributed by atoms with Crippen molar-refractivity contribution in [1.82, 2.24) is 18.7 Å². The van der Waals surface area contributed by atoms with Gasteiger partial charge < -0.3 is 4.90 Å². The number of hydrogen-bond acceptors (Lipinski definition) is 3. The topological polar surface area (TPSA) is 48.7 Å². The molecule has 8 heteroatoms. The second-order valence-electron chi connectivity index (χ2n) is 7.06. The van der Waals surface area contributed by atoms with Crippen LogP contribution in [0.4, 0.5) is 4.39 Å². The summed E-state index contributed by atoms with van der Waals surface area (Å²) in [6, 6.07) is 13.8. The lowest BCUT2D eigenvalue weighted by atomic mass is 10.2. The highest BCUT2D eigenvalue weighted by Gasteiger charge is 2.16. The summed E-state index contributed by atoms with van der Waals surface area (Å²) in [7, 11) is 2.02. The average molecular weight is 410 g/mol. The zero-order valence-electron chi connectivity index (χ0n) is 16.0. The van der Waals surface area contributed by atoms with Gasteiger partial charge in [-0.15, -0.1) is 11.7 Å². The van der Waals surface area contributed by atoms with E-state index >= 15 is 0 Å². The van der Waals surface area contributed by atoms with Crippen molar-refractivity contribution >= 4 is 28.9 Å². The Morgan fingerprint density at radius 1 is 1.21 bits per heavy atom. The van der Waals surface area contributed by atoms with E-state index in [1.54, 1.807) is 33.5 Å². The van der Waals surface area contributed by atoms with Gasteiger partial charge in [0.05, 0.1) is 18.0 Å². The Morgan fingerprint density at radius 2 is 1.93 bits per heavy atom. The Hall–Kier alpha value is -3.10. The van der Waals surface area contributed by atoms with Gasteiger partial charge in [-0.1, -0.05) is 30.3 Å². The van der Waals surface area contributed by atoms with E-state index in [4.69, 9.17) is 12.2 Å². The molecular formula is C21H21FN5OS+. The average Bonchev–Trinajstić information content (AvgIpc) is 3.03. The number of rotatable bonds is 6. The van der Waals surface area contributed by atoms with E-state index in [1.165, 1.54) is 12.1 Å². The Bertz CT molecular complexity index is 1320. The molecule has 0 amide bonds. The molecule has 29 heavy (non-hydrogen) atoms. The fourth-order valence-corrected chi connectivity index (χ4v) is 3.81.